The number of rotatable bonds is 9. The summed E-state index contributed by atoms with van der Waals surface area (Å²) in [5, 5.41) is 0. The molecule has 0 amide bonds. The van der Waals surface area contributed by atoms with Crippen molar-refractivity contribution in [1.82, 2.24) is 9.97 Å². The van der Waals surface area contributed by atoms with E-state index < -0.39 is 0 Å². The second-order valence-corrected chi connectivity index (χ2v) is 5.48. The third-order valence-electron chi connectivity index (χ3n) is 3.65. The van der Waals surface area contributed by atoms with Gasteiger partial charge in [-0.1, -0.05) is 24.6 Å². The lowest BCUT2D eigenvalue weighted by Crippen LogP contribution is -2.03. The first-order chi connectivity index (χ1) is 11.8. The van der Waals surface area contributed by atoms with Crippen molar-refractivity contribution in [2.24, 2.45) is 0 Å². The zero-order valence-electron chi connectivity index (χ0n) is 14.1. The minimum absolute atomic E-state index is 0.0995. The second kappa shape index (κ2) is 10.3. The fourth-order valence-electron chi connectivity index (χ4n) is 2.48. The van der Waals surface area contributed by atoms with Gasteiger partial charge in [-0.05, 0) is 44.4 Å². The van der Waals surface area contributed by atoms with Crippen molar-refractivity contribution in [3.63, 3.8) is 0 Å². The van der Waals surface area contributed by atoms with Crippen molar-refractivity contribution >= 4 is 11.5 Å². The Balaban J connectivity index is 1.91. The summed E-state index contributed by atoms with van der Waals surface area (Å²) in [7, 11) is 0. The fraction of sp³-hybridized carbons (Fsp3) is 0.350. The molecule has 0 saturated heterocycles. The number of hydrogen-bond donors (Lipinski definition) is 0. The van der Waals surface area contributed by atoms with Gasteiger partial charge in [0, 0.05) is 36.1 Å². The van der Waals surface area contributed by atoms with Crippen molar-refractivity contribution in [2.45, 2.75) is 39.0 Å². The van der Waals surface area contributed by atoms with E-state index in [0.29, 0.717) is 13.0 Å². The van der Waals surface area contributed by atoms with Gasteiger partial charge in [-0.25, -0.2) is 0 Å². The highest BCUT2D eigenvalue weighted by Gasteiger charge is 2.06. The SMILES string of the molecule is CCOC(=O)CCCCC/C=C(\c1cccnc1)c1ccccn1. The van der Waals surface area contributed by atoms with Gasteiger partial charge in [-0.15, -0.1) is 0 Å². The molecule has 0 aliphatic carbocycles. The van der Waals surface area contributed by atoms with E-state index in [2.05, 4.69) is 16.0 Å². The van der Waals surface area contributed by atoms with Gasteiger partial charge in [0.1, 0.15) is 0 Å². The zero-order valence-corrected chi connectivity index (χ0v) is 14.1. The fourth-order valence-corrected chi connectivity index (χ4v) is 2.48. The maximum absolute atomic E-state index is 11.3. The van der Waals surface area contributed by atoms with Crippen LogP contribution in [0.4, 0.5) is 0 Å². The molecular formula is C20H24N2O2. The average Bonchev–Trinajstić information content (AvgIpc) is 2.63. The standard InChI is InChI=1S/C20H24N2O2/c1-2-24-20(23)13-6-4-3-5-11-18(17-10-9-14-21-16-17)19-12-7-8-15-22-19/h7-12,14-16H,2-6,13H2,1H3/b18-11+. The van der Waals surface area contributed by atoms with Crippen molar-refractivity contribution in [3.05, 3.63) is 66.3 Å². The molecule has 24 heavy (non-hydrogen) atoms. The zero-order chi connectivity index (χ0) is 17.0. The van der Waals surface area contributed by atoms with Gasteiger partial charge in [-0.2, -0.15) is 0 Å². The number of esters is 1. The molecule has 0 unspecified atom stereocenters. The van der Waals surface area contributed by atoms with E-state index in [1.165, 1.54) is 0 Å². The summed E-state index contributed by atoms with van der Waals surface area (Å²) in [5.41, 5.74) is 3.13. The number of pyridine rings is 2. The van der Waals surface area contributed by atoms with Crippen molar-refractivity contribution < 1.29 is 9.53 Å². The molecule has 0 spiro atoms. The Morgan fingerprint density at radius 2 is 2.04 bits per heavy atom. The van der Waals surface area contributed by atoms with Crippen LogP contribution in [-0.4, -0.2) is 22.5 Å². The number of allylic oxidation sites excluding steroid dienone is 1. The number of unbranched alkanes of at least 4 members (excludes halogenated alkanes) is 3. The average molecular weight is 324 g/mol. The van der Waals surface area contributed by atoms with E-state index in [1.807, 2.05) is 43.5 Å². The van der Waals surface area contributed by atoms with Crippen molar-refractivity contribution in [2.75, 3.05) is 6.61 Å². The molecule has 0 N–H and O–H groups in total. The number of hydrogen-bond acceptors (Lipinski definition) is 4. The molecular weight excluding hydrogens is 300 g/mol. The molecule has 0 radical (unpaired) electrons. The lowest BCUT2D eigenvalue weighted by Gasteiger charge is -2.07. The van der Waals surface area contributed by atoms with Crippen LogP contribution in [0.3, 0.4) is 0 Å². The van der Waals surface area contributed by atoms with Crippen LogP contribution in [0, 0.1) is 0 Å². The molecule has 0 aliphatic heterocycles. The monoisotopic (exact) mass is 324 g/mol. The summed E-state index contributed by atoms with van der Waals surface area (Å²) in [6.45, 7) is 2.29. The number of ether oxygens (including phenoxy) is 1. The van der Waals surface area contributed by atoms with Crippen LogP contribution in [0.1, 0.15) is 50.3 Å². The first kappa shape index (κ1) is 17.9. The van der Waals surface area contributed by atoms with Gasteiger partial charge in [0.05, 0.1) is 12.3 Å². The second-order valence-electron chi connectivity index (χ2n) is 5.48. The highest BCUT2D eigenvalue weighted by atomic mass is 16.5. The van der Waals surface area contributed by atoms with Gasteiger partial charge < -0.3 is 4.74 Å². The Bertz CT molecular complexity index is 598. The van der Waals surface area contributed by atoms with E-state index in [-0.39, 0.29) is 5.97 Å². The quantitative estimate of drug-likeness (QED) is 0.506. The third-order valence-corrected chi connectivity index (χ3v) is 3.65. The van der Waals surface area contributed by atoms with Gasteiger partial charge in [0.25, 0.3) is 0 Å². The van der Waals surface area contributed by atoms with Crippen LogP contribution in [0.25, 0.3) is 5.57 Å². The first-order valence-corrected chi connectivity index (χ1v) is 8.49. The third kappa shape index (κ3) is 5.95. The molecule has 0 aliphatic rings. The number of nitrogens with zero attached hydrogens (tertiary/aromatic N) is 2. The van der Waals surface area contributed by atoms with Crippen LogP contribution in [-0.2, 0) is 9.53 Å². The largest absolute Gasteiger partial charge is 0.466 e. The van der Waals surface area contributed by atoms with Crippen LogP contribution in [0.15, 0.2) is 55.0 Å². The number of carbonyl (C=O) groups is 1. The smallest absolute Gasteiger partial charge is 0.305 e. The first-order valence-electron chi connectivity index (χ1n) is 8.49. The summed E-state index contributed by atoms with van der Waals surface area (Å²) in [6.07, 6.45) is 12.0. The minimum atomic E-state index is -0.0995. The van der Waals surface area contributed by atoms with E-state index in [1.54, 1.807) is 12.4 Å². The molecule has 0 bridgehead atoms. The highest BCUT2D eigenvalue weighted by molar-refractivity contribution is 5.77. The summed E-state index contributed by atoms with van der Waals surface area (Å²) in [5.74, 6) is -0.0995. The lowest BCUT2D eigenvalue weighted by molar-refractivity contribution is -0.143. The summed E-state index contributed by atoms with van der Waals surface area (Å²) < 4.78 is 4.94. The summed E-state index contributed by atoms with van der Waals surface area (Å²) in [6, 6.07) is 9.91. The molecule has 2 aromatic rings. The normalized spacial score (nSPS) is 11.3. The Morgan fingerprint density at radius 1 is 1.12 bits per heavy atom. The highest BCUT2D eigenvalue weighted by Crippen LogP contribution is 2.22. The van der Waals surface area contributed by atoms with Crippen LogP contribution < -0.4 is 0 Å². The molecule has 4 heteroatoms. The maximum atomic E-state index is 11.3. The van der Waals surface area contributed by atoms with Gasteiger partial charge >= 0.3 is 5.97 Å². The minimum Gasteiger partial charge on any atom is -0.466 e. The van der Waals surface area contributed by atoms with E-state index in [0.717, 1.165) is 42.5 Å². The van der Waals surface area contributed by atoms with Gasteiger partial charge in [0.15, 0.2) is 0 Å². The van der Waals surface area contributed by atoms with E-state index in [4.69, 9.17) is 4.74 Å². The van der Waals surface area contributed by atoms with E-state index in [9.17, 15) is 4.79 Å². The Hall–Kier alpha value is -2.49. The molecule has 126 valence electrons. The summed E-state index contributed by atoms with van der Waals surface area (Å²) in [4.78, 5) is 20.0. The molecule has 0 atom stereocenters. The Labute approximate surface area is 143 Å². The van der Waals surface area contributed by atoms with E-state index >= 15 is 0 Å². The summed E-state index contributed by atoms with van der Waals surface area (Å²) >= 11 is 0. The number of carbonyl (C=O) groups excluding carboxylic acids is 1. The maximum Gasteiger partial charge on any atom is 0.305 e. The molecule has 0 saturated carbocycles. The molecule has 0 fully saturated rings. The van der Waals surface area contributed by atoms with Crippen molar-refractivity contribution in [1.29, 1.82) is 0 Å². The predicted octanol–water partition coefficient (Wildman–Crippen LogP) is 4.42. The van der Waals surface area contributed by atoms with Gasteiger partial charge in [0.2, 0.25) is 0 Å². The Morgan fingerprint density at radius 3 is 2.75 bits per heavy atom. The Kier molecular flexibility index (Phi) is 7.68. The van der Waals surface area contributed by atoms with Crippen LogP contribution in [0.5, 0.6) is 0 Å². The van der Waals surface area contributed by atoms with Gasteiger partial charge in [-0.3, -0.25) is 14.8 Å². The molecule has 2 aromatic heterocycles. The molecule has 2 heterocycles. The van der Waals surface area contributed by atoms with Crippen LogP contribution in [0.2, 0.25) is 0 Å². The number of aromatic nitrogens is 2. The molecule has 0 aromatic carbocycles. The lowest BCUT2D eigenvalue weighted by atomic mass is 10.0. The van der Waals surface area contributed by atoms with Crippen LogP contribution >= 0.6 is 0 Å². The topological polar surface area (TPSA) is 52.1 Å². The van der Waals surface area contributed by atoms with Crippen molar-refractivity contribution in [3.8, 4) is 0 Å². The molecule has 4 nitrogen and oxygen atoms in total. The predicted molar refractivity (Wildman–Crippen MR) is 95.3 cm³/mol. The molecule has 2 rings (SSSR count).